The zero-order valence-electron chi connectivity index (χ0n) is 18.2. The molecule has 0 aliphatic rings. The van der Waals surface area contributed by atoms with Crippen LogP contribution in [-0.2, 0) is 17.6 Å². The molecule has 0 saturated carbocycles. The fourth-order valence-corrected chi connectivity index (χ4v) is 3.02. The second-order valence-corrected chi connectivity index (χ2v) is 7.12. The molecule has 0 heterocycles. The summed E-state index contributed by atoms with van der Waals surface area (Å²) in [4.78, 5) is 12.5. The molecule has 0 radical (unpaired) electrons. The number of nitriles is 1. The van der Waals surface area contributed by atoms with E-state index in [-0.39, 0.29) is 11.3 Å². The quantitative estimate of drug-likeness (QED) is 0.316. The number of benzene rings is 3. The second kappa shape index (κ2) is 11.1. The third-order valence-corrected chi connectivity index (χ3v) is 4.63. The van der Waals surface area contributed by atoms with Crippen LogP contribution in [0.15, 0.2) is 78.4 Å². The number of hydrogen-bond donors (Lipinski definition) is 1. The number of nitrogens with one attached hydrogen (secondary N) is 1. The lowest BCUT2D eigenvalue weighted by Crippen LogP contribution is -2.14. The van der Waals surface area contributed by atoms with Crippen molar-refractivity contribution in [3.63, 3.8) is 0 Å². The molecule has 3 aromatic carbocycles. The Hall–Kier alpha value is -4.25. The van der Waals surface area contributed by atoms with Crippen molar-refractivity contribution < 1.29 is 27.4 Å². The van der Waals surface area contributed by atoms with Gasteiger partial charge in [-0.1, -0.05) is 42.5 Å². The molecule has 0 atom stereocenters. The highest BCUT2D eigenvalue weighted by molar-refractivity contribution is 6.09. The maximum Gasteiger partial charge on any atom is 0.416 e. The molecule has 0 saturated heterocycles. The number of carbonyl (C=O) groups excluding carboxylic acids is 1. The van der Waals surface area contributed by atoms with Crippen molar-refractivity contribution in [1.82, 2.24) is 0 Å². The zero-order valence-corrected chi connectivity index (χ0v) is 18.2. The Bertz CT molecular complexity index is 1220. The summed E-state index contributed by atoms with van der Waals surface area (Å²) in [5.41, 5.74) is 0.219. The third-order valence-electron chi connectivity index (χ3n) is 4.63. The van der Waals surface area contributed by atoms with Gasteiger partial charge in [0.25, 0.3) is 5.91 Å². The summed E-state index contributed by atoms with van der Waals surface area (Å²) >= 11 is 0. The van der Waals surface area contributed by atoms with E-state index in [9.17, 15) is 23.2 Å². The van der Waals surface area contributed by atoms with E-state index in [0.29, 0.717) is 30.3 Å². The summed E-state index contributed by atoms with van der Waals surface area (Å²) in [7, 11) is 0. The van der Waals surface area contributed by atoms with Gasteiger partial charge in [-0.15, -0.1) is 0 Å². The maximum absolute atomic E-state index is 12.9. The maximum atomic E-state index is 12.9. The van der Waals surface area contributed by atoms with Crippen LogP contribution in [0, 0.1) is 11.3 Å². The summed E-state index contributed by atoms with van der Waals surface area (Å²) in [6, 6.07) is 20.5. The summed E-state index contributed by atoms with van der Waals surface area (Å²) in [6.45, 7) is 2.52. The summed E-state index contributed by atoms with van der Waals surface area (Å²) in [5, 5.41) is 11.8. The predicted molar refractivity (Wildman–Crippen MR) is 122 cm³/mol. The molecule has 0 aliphatic heterocycles. The molecule has 3 rings (SSSR count). The van der Waals surface area contributed by atoms with E-state index in [4.69, 9.17) is 9.47 Å². The monoisotopic (exact) mass is 466 g/mol. The van der Waals surface area contributed by atoms with Crippen LogP contribution in [0.2, 0.25) is 0 Å². The lowest BCUT2D eigenvalue weighted by Gasteiger charge is -2.13. The number of carbonyl (C=O) groups is 1. The van der Waals surface area contributed by atoms with Gasteiger partial charge in [0.15, 0.2) is 11.5 Å². The smallest absolute Gasteiger partial charge is 0.416 e. The Labute approximate surface area is 195 Å². The Morgan fingerprint density at radius 3 is 2.44 bits per heavy atom. The molecule has 0 spiro atoms. The summed E-state index contributed by atoms with van der Waals surface area (Å²) < 4.78 is 50.2. The van der Waals surface area contributed by atoms with E-state index in [1.165, 1.54) is 18.2 Å². The topological polar surface area (TPSA) is 71.3 Å². The van der Waals surface area contributed by atoms with Crippen molar-refractivity contribution in [3.05, 3.63) is 95.1 Å². The van der Waals surface area contributed by atoms with Crippen LogP contribution >= 0.6 is 0 Å². The molecule has 0 aliphatic carbocycles. The number of halogens is 3. The molecule has 34 heavy (non-hydrogen) atoms. The minimum absolute atomic E-state index is 0.0689. The minimum Gasteiger partial charge on any atom is -0.490 e. The molecule has 3 aromatic rings. The van der Waals surface area contributed by atoms with Gasteiger partial charge in [0.1, 0.15) is 18.2 Å². The van der Waals surface area contributed by atoms with E-state index >= 15 is 0 Å². The van der Waals surface area contributed by atoms with Crippen molar-refractivity contribution >= 4 is 17.7 Å². The molecule has 5 nitrogen and oxygen atoms in total. The molecule has 1 amide bonds. The molecule has 8 heteroatoms. The highest BCUT2D eigenvalue weighted by atomic mass is 19.4. The van der Waals surface area contributed by atoms with Crippen molar-refractivity contribution in [2.24, 2.45) is 0 Å². The van der Waals surface area contributed by atoms with Gasteiger partial charge in [-0.2, -0.15) is 18.4 Å². The molecule has 0 unspecified atom stereocenters. The Balaban J connectivity index is 1.78. The fourth-order valence-electron chi connectivity index (χ4n) is 3.02. The number of nitrogens with zero attached hydrogens (tertiary/aromatic N) is 1. The van der Waals surface area contributed by atoms with Crippen molar-refractivity contribution in [3.8, 4) is 17.6 Å². The first-order chi connectivity index (χ1) is 16.3. The standard InChI is InChI=1S/C26H21F3N2O3/c1-2-33-24-14-19(11-12-23(24)34-17-18-7-4-3-5-8-18)13-20(16-30)25(32)31-22-10-6-9-21(15-22)26(27,28)29/h3-15H,2,17H2,1H3,(H,31,32)/b20-13+. The Morgan fingerprint density at radius 2 is 1.76 bits per heavy atom. The first-order valence-corrected chi connectivity index (χ1v) is 10.3. The van der Waals surface area contributed by atoms with Gasteiger partial charge in [-0.3, -0.25) is 4.79 Å². The number of rotatable bonds is 8. The van der Waals surface area contributed by atoms with Crippen LogP contribution in [0.1, 0.15) is 23.6 Å². The van der Waals surface area contributed by atoms with Crippen LogP contribution in [0.5, 0.6) is 11.5 Å². The van der Waals surface area contributed by atoms with Crippen LogP contribution in [0.4, 0.5) is 18.9 Å². The molecule has 0 bridgehead atoms. The van der Waals surface area contributed by atoms with Gasteiger partial charge in [-0.25, -0.2) is 0 Å². The lowest BCUT2D eigenvalue weighted by atomic mass is 10.1. The first kappa shape index (κ1) is 24.4. The van der Waals surface area contributed by atoms with Crippen LogP contribution < -0.4 is 14.8 Å². The van der Waals surface area contributed by atoms with Gasteiger partial charge in [0, 0.05) is 5.69 Å². The molecule has 0 aromatic heterocycles. The molecule has 1 N–H and O–H groups in total. The Morgan fingerprint density at radius 1 is 1.00 bits per heavy atom. The first-order valence-electron chi connectivity index (χ1n) is 10.3. The highest BCUT2D eigenvalue weighted by Gasteiger charge is 2.30. The molecular formula is C26H21F3N2O3. The number of alkyl halides is 3. The zero-order chi connectivity index (χ0) is 24.6. The number of amides is 1. The van der Waals surface area contributed by atoms with Crippen molar-refractivity contribution in [1.29, 1.82) is 5.26 Å². The van der Waals surface area contributed by atoms with Crippen LogP contribution in [0.25, 0.3) is 6.08 Å². The molecule has 174 valence electrons. The Kier molecular flexibility index (Phi) is 7.93. The van der Waals surface area contributed by atoms with Gasteiger partial charge >= 0.3 is 6.18 Å². The van der Waals surface area contributed by atoms with Gasteiger partial charge in [0.2, 0.25) is 0 Å². The van der Waals surface area contributed by atoms with E-state index in [0.717, 1.165) is 17.7 Å². The molecule has 0 fully saturated rings. The predicted octanol–water partition coefficient (Wildman–Crippen LogP) is 6.23. The van der Waals surface area contributed by atoms with E-state index in [2.05, 4.69) is 5.32 Å². The van der Waals surface area contributed by atoms with Crippen LogP contribution in [0.3, 0.4) is 0 Å². The number of hydrogen-bond acceptors (Lipinski definition) is 4. The average Bonchev–Trinajstić information content (AvgIpc) is 2.82. The normalized spacial score (nSPS) is 11.4. The lowest BCUT2D eigenvalue weighted by molar-refractivity contribution is -0.137. The van der Waals surface area contributed by atoms with Gasteiger partial charge < -0.3 is 14.8 Å². The van der Waals surface area contributed by atoms with Gasteiger partial charge in [-0.05, 0) is 54.5 Å². The van der Waals surface area contributed by atoms with Crippen molar-refractivity contribution in [2.45, 2.75) is 19.7 Å². The fraction of sp³-hybridized carbons (Fsp3) is 0.154. The second-order valence-electron chi connectivity index (χ2n) is 7.12. The van der Waals surface area contributed by atoms with Crippen LogP contribution in [-0.4, -0.2) is 12.5 Å². The third kappa shape index (κ3) is 6.62. The molecular weight excluding hydrogens is 445 g/mol. The largest absolute Gasteiger partial charge is 0.490 e. The summed E-state index contributed by atoms with van der Waals surface area (Å²) in [5.74, 6) is 0.0988. The van der Waals surface area contributed by atoms with Crippen molar-refractivity contribution in [2.75, 3.05) is 11.9 Å². The van der Waals surface area contributed by atoms with E-state index in [1.54, 1.807) is 24.3 Å². The average molecular weight is 466 g/mol. The highest BCUT2D eigenvalue weighted by Crippen LogP contribution is 2.32. The number of ether oxygens (including phenoxy) is 2. The minimum atomic E-state index is -4.55. The summed E-state index contributed by atoms with van der Waals surface area (Å²) in [6.07, 6.45) is -3.22. The SMILES string of the molecule is CCOc1cc(/C=C(\C#N)C(=O)Nc2cccc(C(F)(F)F)c2)ccc1OCc1ccccc1. The number of anilines is 1. The van der Waals surface area contributed by atoms with E-state index in [1.807, 2.05) is 37.3 Å². The van der Waals surface area contributed by atoms with E-state index < -0.39 is 17.6 Å². The van der Waals surface area contributed by atoms with Gasteiger partial charge in [0.05, 0.1) is 12.2 Å².